The summed E-state index contributed by atoms with van der Waals surface area (Å²) in [5, 5.41) is 4.56. The van der Waals surface area contributed by atoms with E-state index in [9.17, 15) is 18.2 Å². The normalized spacial score (nSPS) is 12.0. The number of hydrogen-bond donors (Lipinski definition) is 3. The van der Waals surface area contributed by atoms with Crippen LogP contribution in [-0.4, -0.2) is 25.7 Å². The summed E-state index contributed by atoms with van der Waals surface area (Å²) in [5.41, 5.74) is 1.31. The smallest absolute Gasteiger partial charge is 0.306 e. The van der Waals surface area contributed by atoms with Crippen LogP contribution in [0.3, 0.4) is 0 Å². The fourth-order valence-electron chi connectivity index (χ4n) is 2.41. The molecular formula is C17H13ClFN3O4S2. The standard InChI is InChI=1S/C17H13ClFN3O4S2/c1-8-2-4-10(19)13(14(8)18)15(23)21-16(24)22-17-20-11-5-3-9(7-28(25)26)6-12(11)27-17/h2-6H,7H2,1H3,(H,25,26)(H2,20,21,22,23,24). The number of fused-ring (bicyclic) bond motifs is 1. The van der Waals surface area contributed by atoms with Crippen LogP contribution in [0.25, 0.3) is 10.2 Å². The Morgan fingerprint density at radius 3 is 2.79 bits per heavy atom. The highest BCUT2D eigenvalue weighted by Gasteiger charge is 2.20. The van der Waals surface area contributed by atoms with Crippen LogP contribution in [0.2, 0.25) is 5.02 Å². The second-order valence-corrected chi connectivity index (χ2v) is 8.09. The molecule has 1 unspecified atom stereocenters. The lowest BCUT2D eigenvalue weighted by Gasteiger charge is -2.08. The quantitative estimate of drug-likeness (QED) is 0.528. The molecular weight excluding hydrogens is 429 g/mol. The van der Waals surface area contributed by atoms with Crippen molar-refractivity contribution in [1.82, 2.24) is 10.3 Å². The van der Waals surface area contributed by atoms with E-state index in [1.54, 1.807) is 25.1 Å². The zero-order chi connectivity index (χ0) is 20.4. The maximum absolute atomic E-state index is 13.9. The van der Waals surface area contributed by atoms with Crippen molar-refractivity contribution < 1.29 is 22.7 Å². The average Bonchev–Trinajstić information content (AvgIpc) is 2.99. The molecule has 0 aliphatic carbocycles. The fraction of sp³-hybridized carbons (Fsp3) is 0.118. The van der Waals surface area contributed by atoms with Gasteiger partial charge in [0.1, 0.15) is 5.82 Å². The summed E-state index contributed by atoms with van der Waals surface area (Å²) in [5.74, 6) is -1.83. The number of amides is 3. The minimum atomic E-state index is -1.97. The number of benzene rings is 2. The molecule has 146 valence electrons. The number of nitrogens with zero attached hydrogens (tertiary/aromatic N) is 1. The Kier molecular flexibility index (Phi) is 6.04. The molecule has 28 heavy (non-hydrogen) atoms. The summed E-state index contributed by atoms with van der Waals surface area (Å²) in [6.45, 7) is 1.61. The molecule has 2 aromatic carbocycles. The van der Waals surface area contributed by atoms with Gasteiger partial charge in [-0.2, -0.15) is 0 Å². The molecule has 0 fully saturated rings. The van der Waals surface area contributed by atoms with E-state index < -0.39 is 34.4 Å². The first-order chi connectivity index (χ1) is 13.2. The number of aromatic nitrogens is 1. The lowest BCUT2D eigenvalue weighted by atomic mass is 10.1. The number of carbonyl (C=O) groups excluding carboxylic acids is 2. The lowest BCUT2D eigenvalue weighted by Crippen LogP contribution is -2.35. The number of anilines is 1. The number of aryl methyl sites for hydroxylation is 1. The molecule has 1 atom stereocenters. The molecule has 11 heteroatoms. The molecule has 3 N–H and O–H groups in total. The van der Waals surface area contributed by atoms with Gasteiger partial charge < -0.3 is 4.55 Å². The first kappa shape index (κ1) is 20.3. The molecule has 0 radical (unpaired) electrons. The predicted molar refractivity (Wildman–Crippen MR) is 107 cm³/mol. The Bertz CT molecular complexity index is 1120. The molecule has 0 aliphatic heterocycles. The van der Waals surface area contributed by atoms with Crippen LogP contribution in [0.1, 0.15) is 21.5 Å². The highest BCUT2D eigenvalue weighted by molar-refractivity contribution is 7.78. The second-order valence-electron chi connectivity index (χ2n) is 5.75. The van der Waals surface area contributed by atoms with Crippen molar-refractivity contribution in [3.63, 3.8) is 0 Å². The van der Waals surface area contributed by atoms with Crippen LogP contribution in [-0.2, 0) is 16.8 Å². The first-order valence-electron chi connectivity index (χ1n) is 7.78. The molecule has 0 bridgehead atoms. The topological polar surface area (TPSA) is 108 Å². The van der Waals surface area contributed by atoms with Crippen LogP contribution in [0.15, 0.2) is 30.3 Å². The number of carbonyl (C=O) groups is 2. The second kappa shape index (κ2) is 8.31. The van der Waals surface area contributed by atoms with Gasteiger partial charge in [-0.05, 0) is 36.2 Å². The van der Waals surface area contributed by atoms with Crippen LogP contribution >= 0.6 is 22.9 Å². The zero-order valence-electron chi connectivity index (χ0n) is 14.3. The van der Waals surface area contributed by atoms with E-state index in [0.29, 0.717) is 21.3 Å². The number of halogens is 2. The van der Waals surface area contributed by atoms with Gasteiger partial charge in [-0.25, -0.2) is 18.4 Å². The molecule has 7 nitrogen and oxygen atoms in total. The molecule has 0 aliphatic rings. The van der Waals surface area contributed by atoms with Crippen molar-refractivity contribution in [3.8, 4) is 0 Å². The van der Waals surface area contributed by atoms with Crippen LogP contribution in [0, 0.1) is 12.7 Å². The van der Waals surface area contributed by atoms with Gasteiger partial charge in [-0.1, -0.05) is 35.1 Å². The average molecular weight is 442 g/mol. The Balaban J connectivity index is 1.73. The number of hydrogen-bond acceptors (Lipinski definition) is 5. The molecule has 3 rings (SSSR count). The van der Waals surface area contributed by atoms with Gasteiger partial charge in [0.15, 0.2) is 16.2 Å². The summed E-state index contributed by atoms with van der Waals surface area (Å²) in [4.78, 5) is 28.5. The van der Waals surface area contributed by atoms with E-state index >= 15 is 0 Å². The van der Waals surface area contributed by atoms with E-state index in [4.69, 9.17) is 16.2 Å². The number of imide groups is 1. The number of thiazole rings is 1. The highest BCUT2D eigenvalue weighted by Crippen LogP contribution is 2.27. The van der Waals surface area contributed by atoms with E-state index in [1.165, 1.54) is 6.07 Å². The molecule has 1 aromatic heterocycles. The minimum Gasteiger partial charge on any atom is -0.306 e. The van der Waals surface area contributed by atoms with Crippen molar-refractivity contribution >= 4 is 61.3 Å². The molecule has 3 aromatic rings. The summed E-state index contributed by atoms with van der Waals surface area (Å²) in [7, 11) is 0. The van der Waals surface area contributed by atoms with Gasteiger partial charge in [-0.3, -0.25) is 15.4 Å². The third-order valence-corrected chi connectivity index (χ3v) is 5.70. The van der Waals surface area contributed by atoms with Crippen molar-refractivity contribution in [2.45, 2.75) is 12.7 Å². The van der Waals surface area contributed by atoms with E-state index in [0.717, 1.165) is 17.4 Å². The van der Waals surface area contributed by atoms with Gasteiger partial charge in [0.25, 0.3) is 5.91 Å². The van der Waals surface area contributed by atoms with Gasteiger partial charge in [0.05, 0.1) is 26.6 Å². The maximum Gasteiger partial charge on any atom is 0.327 e. The van der Waals surface area contributed by atoms with Gasteiger partial charge in [0.2, 0.25) is 0 Å². The predicted octanol–water partition coefficient (Wildman–Crippen LogP) is 4.08. The Morgan fingerprint density at radius 1 is 1.32 bits per heavy atom. The van der Waals surface area contributed by atoms with E-state index in [1.807, 2.05) is 5.32 Å². The SMILES string of the molecule is Cc1ccc(F)c(C(=O)NC(=O)Nc2nc3ccc(CS(=O)O)cc3s2)c1Cl. The van der Waals surface area contributed by atoms with Crippen molar-refractivity contribution in [3.05, 3.63) is 57.9 Å². The largest absolute Gasteiger partial charge is 0.327 e. The Labute approximate surface area is 170 Å². The third kappa shape index (κ3) is 4.53. The first-order valence-corrected chi connectivity index (χ1v) is 10.3. The van der Waals surface area contributed by atoms with E-state index in [-0.39, 0.29) is 15.9 Å². The summed E-state index contributed by atoms with van der Waals surface area (Å²) in [6, 6.07) is 6.64. The number of rotatable bonds is 4. The van der Waals surface area contributed by atoms with Gasteiger partial charge >= 0.3 is 6.03 Å². The molecule has 0 spiro atoms. The third-order valence-electron chi connectivity index (χ3n) is 3.70. The monoisotopic (exact) mass is 441 g/mol. The fourth-order valence-corrected chi connectivity index (χ4v) is 4.04. The summed E-state index contributed by atoms with van der Waals surface area (Å²) in [6.07, 6.45) is 0. The molecule has 0 saturated carbocycles. The summed E-state index contributed by atoms with van der Waals surface area (Å²) >= 11 is 5.12. The highest BCUT2D eigenvalue weighted by atomic mass is 35.5. The molecule has 3 amide bonds. The minimum absolute atomic E-state index is 0.0194. The van der Waals surface area contributed by atoms with Crippen LogP contribution in [0.4, 0.5) is 14.3 Å². The van der Waals surface area contributed by atoms with Crippen molar-refractivity contribution in [2.24, 2.45) is 0 Å². The summed E-state index contributed by atoms with van der Waals surface area (Å²) < 4.78 is 34.5. The van der Waals surface area contributed by atoms with E-state index in [2.05, 4.69) is 10.3 Å². The van der Waals surface area contributed by atoms with Gasteiger partial charge in [0, 0.05) is 0 Å². The Morgan fingerprint density at radius 2 is 2.07 bits per heavy atom. The van der Waals surface area contributed by atoms with Crippen molar-refractivity contribution in [1.29, 1.82) is 0 Å². The lowest BCUT2D eigenvalue weighted by molar-refractivity contribution is 0.0963. The maximum atomic E-state index is 13.9. The molecule has 1 heterocycles. The van der Waals surface area contributed by atoms with Crippen LogP contribution < -0.4 is 10.6 Å². The van der Waals surface area contributed by atoms with Crippen molar-refractivity contribution in [2.75, 3.05) is 5.32 Å². The van der Waals surface area contributed by atoms with Crippen LogP contribution in [0.5, 0.6) is 0 Å². The molecule has 0 saturated heterocycles. The zero-order valence-corrected chi connectivity index (χ0v) is 16.7. The number of urea groups is 1. The van der Waals surface area contributed by atoms with Gasteiger partial charge in [-0.15, -0.1) is 0 Å². The Hall–Kier alpha value is -2.40. The number of nitrogens with one attached hydrogen (secondary N) is 2.